The molecule has 0 aromatic heterocycles. The zero-order valence-corrected chi connectivity index (χ0v) is 7.77. The largest absolute Gasteiger partial charge is 0.314 e. The van der Waals surface area contributed by atoms with Crippen LogP contribution in [0.5, 0.6) is 0 Å². The molecule has 0 saturated carbocycles. The quantitative estimate of drug-likeness (QED) is 0.672. The lowest BCUT2D eigenvalue weighted by atomic mass is 10.0. The maximum absolute atomic E-state index is 5.75. The highest BCUT2D eigenvalue weighted by molar-refractivity contribution is 5.83. The van der Waals surface area contributed by atoms with Gasteiger partial charge in [0.1, 0.15) is 0 Å². The Hall–Kier alpha value is -1.78. The number of rotatable bonds is 1. The van der Waals surface area contributed by atoms with E-state index in [-0.39, 0.29) is 6.04 Å². The first-order valence-electron chi connectivity index (χ1n) is 4.51. The smallest absolute Gasteiger partial charge is 0.0918 e. The van der Waals surface area contributed by atoms with Crippen LogP contribution in [0.2, 0.25) is 0 Å². The predicted octanol–water partition coefficient (Wildman–Crippen LogP) is 2.47. The average molecular weight is 181 g/mol. The van der Waals surface area contributed by atoms with Gasteiger partial charge in [0.15, 0.2) is 0 Å². The van der Waals surface area contributed by atoms with E-state index in [4.69, 9.17) is 12.2 Å². The SMILES string of the molecule is C#C[C@@H](N)c1ccc2ccccc2c1. The van der Waals surface area contributed by atoms with Gasteiger partial charge in [-0.05, 0) is 22.4 Å². The van der Waals surface area contributed by atoms with E-state index < -0.39 is 0 Å². The molecule has 1 atom stereocenters. The second-order valence-electron chi connectivity index (χ2n) is 3.25. The highest BCUT2D eigenvalue weighted by Crippen LogP contribution is 2.18. The fourth-order valence-electron chi connectivity index (χ4n) is 1.50. The molecule has 0 unspecified atom stereocenters. The fraction of sp³-hybridized carbons (Fsp3) is 0.0769. The molecule has 2 aromatic carbocycles. The van der Waals surface area contributed by atoms with Gasteiger partial charge in [0, 0.05) is 0 Å². The third-order valence-corrected chi connectivity index (χ3v) is 2.31. The summed E-state index contributed by atoms with van der Waals surface area (Å²) in [6.45, 7) is 0. The van der Waals surface area contributed by atoms with Gasteiger partial charge in [-0.25, -0.2) is 0 Å². The van der Waals surface area contributed by atoms with Crippen molar-refractivity contribution in [2.75, 3.05) is 0 Å². The van der Waals surface area contributed by atoms with Crippen molar-refractivity contribution < 1.29 is 0 Å². The van der Waals surface area contributed by atoms with Crippen molar-refractivity contribution >= 4 is 10.8 Å². The Morgan fingerprint density at radius 2 is 1.79 bits per heavy atom. The number of terminal acetylenes is 1. The molecule has 0 aliphatic rings. The Labute approximate surface area is 83.5 Å². The minimum absolute atomic E-state index is 0.306. The minimum Gasteiger partial charge on any atom is -0.314 e. The molecule has 0 fully saturated rings. The number of hydrogen-bond acceptors (Lipinski definition) is 1. The van der Waals surface area contributed by atoms with Crippen molar-refractivity contribution in [3.8, 4) is 12.3 Å². The van der Waals surface area contributed by atoms with Crippen molar-refractivity contribution in [1.82, 2.24) is 0 Å². The van der Waals surface area contributed by atoms with Gasteiger partial charge >= 0.3 is 0 Å². The van der Waals surface area contributed by atoms with Crippen LogP contribution in [0.3, 0.4) is 0 Å². The highest BCUT2D eigenvalue weighted by atomic mass is 14.6. The third kappa shape index (κ3) is 1.48. The summed E-state index contributed by atoms with van der Waals surface area (Å²) in [7, 11) is 0. The van der Waals surface area contributed by atoms with Gasteiger partial charge in [-0.15, -0.1) is 6.42 Å². The Morgan fingerprint density at radius 3 is 2.50 bits per heavy atom. The van der Waals surface area contributed by atoms with Crippen molar-refractivity contribution in [1.29, 1.82) is 0 Å². The van der Waals surface area contributed by atoms with Crippen molar-refractivity contribution in [2.45, 2.75) is 6.04 Å². The summed E-state index contributed by atoms with van der Waals surface area (Å²) in [5.41, 5.74) is 6.74. The Bertz CT molecular complexity index is 494. The van der Waals surface area contributed by atoms with E-state index in [0.717, 1.165) is 5.56 Å². The first-order chi connectivity index (χ1) is 6.81. The lowest BCUT2D eigenvalue weighted by molar-refractivity contribution is 0.949. The zero-order chi connectivity index (χ0) is 9.97. The molecule has 2 N–H and O–H groups in total. The molecule has 2 aromatic rings. The van der Waals surface area contributed by atoms with E-state index in [1.54, 1.807) is 0 Å². The molecule has 0 saturated heterocycles. The Morgan fingerprint density at radius 1 is 1.07 bits per heavy atom. The van der Waals surface area contributed by atoms with E-state index in [9.17, 15) is 0 Å². The molecule has 0 bridgehead atoms. The third-order valence-electron chi connectivity index (χ3n) is 2.31. The van der Waals surface area contributed by atoms with Crippen LogP contribution in [0.1, 0.15) is 11.6 Å². The predicted molar refractivity (Wildman–Crippen MR) is 59.7 cm³/mol. The summed E-state index contributed by atoms with van der Waals surface area (Å²) in [5.74, 6) is 2.52. The lowest BCUT2D eigenvalue weighted by Gasteiger charge is -2.05. The second kappa shape index (κ2) is 3.53. The van der Waals surface area contributed by atoms with Crippen LogP contribution >= 0.6 is 0 Å². The van der Waals surface area contributed by atoms with Crippen molar-refractivity contribution in [3.63, 3.8) is 0 Å². The summed E-state index contributed by atoms with van der Waals surface area (Å²) in [6.07, 6.45) is 5.27. The normalized spacial score (nSPS) is 12.3. The van der Waals surface area contributed by atoms with Gasteiger partial charge in [-0.1, -0.05) is 42.3 Å². The van der Waals surface area contributed by atoms with Crippen LogP contribution in [0.4, 0.5) is 0 Å². The van der Waals surface area contributed by atoms with Gasteiger partial charge in [0.25, 0.3) is 0 Å². The molecule has 1 nitrogen and oxygen atoms in total. The second-order valence-corrected chi connectivity index (χ2v) is 3.25. The molecule has 2 rings (SSSR count). The zero-order valence-electron chi connectivity index (χ0n) is 7.77. The maximum Gasteiger partial charge on any atom is 0.0918 e. The molecule has 0 aliphatic heterocycles. The van der Waals surface area contributed by atoms with Gasteiger partial charge in [0.05, 0.1) is 6.04 Å². The molecular weight excluding hydrogens is 170 g/mol. The van der Waals surface area contributed by atoms with E-state index in [1.807, 2.05) is 30.3 Å². The maximum atomic E-state index is 5.75. The van der Waals surface area contributed by atoms with Crippen LogP contribution in [0.25, 0.3) is 10.8 Å². The van der Waals surface area contributed by atoms with E-state index in [0.29, 0.717) is 0 Å². The average Bonchev–Trinajstić information content (AvgIpc) is 2.27. The van der Waals surface area contributed by atoms with Crippen molar-refractivity contribution in [3.05, 3.63) is 48.0 Å². The van der Waals surface area contributed by atoms with Crippen LogP contribution in [0, 0.1) is 12.3 Å². The fourth-order valence-corrected chi connectivity index (χ4v) is 1.50. The van der Waals surface area contributed by atoms with E-state index in [1.165, 1.54) is 10.8 Å². The number of nitrogens with two attached hydrogens (primary N) is 1. The Kier molecular flexibility index (Phi) is 2.22. The van der Waals surface area contributed by atoms with Crippen LogP contribution in [-0.4, -0.2) is 0 Å². The van der Waals surface area contributed by atoms with Crippen molar-refractivity contribution in [2.24, 2.45) is 5.73 Å². The van der Waals surface area contributed by atoms with Crippen LogP contribution in [-0.2, 0) is 0 Å². The van der Waals surface area contributed by atoms with Gasteiger partial charge in [-0.2, -0.15) is 0 Å². The number of hydrogen-bond donors (Lipinski definition) is 1. The molecule has 68 valence electrons. The molecule has 1 heteroatoms. The van der Waals surface area contributed by atoms with Crippen LogP contribution < -0.4 is 5.73 Å². The monoisotopic (exact) mass is 181 g/mol. The minimum atomic E-state index is -0.306. The van der Waals surface area contributed by atoms with E-state index in [2.05, 4.69) is 18.1 Å². The Balaban J connectivity index is 2.58. The summed E-state index contributed by atoms with van der Waals surface area (Å²) in [4.78, 5) is 0. The first kappa shape index (κ1) is 8.80. The highest BCUT2D eigenvalue weighted by Gasteiger charge is 2.01. The standard InChI is InChI=1S/C13H11N/c1-2-13(14)12-8-7-10-5-3-4-6-11(10)9-12/h1,3-9,13H,14H2/t13-/m1/s1. The summed E-state index contributed by atoms with van der Waals surface area (Å²) < 4.78 is 0. The molecule has 0 spiro atoms. The molecule has 14 heavy (non-hydrogen) atoms. The first-order valence-corrected chi connectivity index (χ1v) is 4.51. The topological polar surface area (TPSA) is 26.0 Å². The van der Waals surface area contributed by atoms with Gasteiger partial charge in [0.2, 0.25) is 0 Å². The molecule has 0 aliphatic carbocycles. The van der Waals surface area contributed by atoms with Crippen LogP contribution in [0.15, 0.2) is 42.5 Å². The summed E-state index contributed by atoms with van der Waals surface area (Å²) in [5, 5.41) is 2.39. The van der Waals surface area contributed by atoms with Gasteiger partial charge < -0.3 is 5.73 Å². The molecule has 0 radical (unpaired) electrons. The molecule has 0 heterocycles. The number of fused-ring (bicyclic) bond motifs is 1. The van der Waals surface area contributed by atoms with Gasteiger partial charge in [-0.3, -0.25) is 0 Å². The summed E-state index contributed by atoms with van der Waals surface area (Å²) >= 11 is 0. The summed E-state index contributed by atoms with van der Waals surface area (Å²) in [6, 6.07) is 13.9. The lowest BCUT2D eigenvalue weighted by Crippen LogP contribution is -2.06. The number of benzene rings is 2. The molecular formula is C13H11N. The van der Waals surface area contributed by atoms with E-state index >= 15 is 0 Å². The molecule has 0 amide bonds.